The number of ether oxygens (including phenoxy) is 1. The van der Waals surface area contributed by atoms with Gasteiger partial charge in [-0.2, -0.15) is 0 Å². The highest BCUT2D eigenvalue weighted by atomic mass is 19.1. The van der Waals surface area contributed by atoms with E-state index in [1.54, 1.807) is 19.1 Å². The zero-order valence-electron chi connectivity index (χ0n) is 7.75. The van der Waals surface area contributed by atoms with Crippen LogP contribution in [-0.4, -0.2) is 18.8 Å². The number of hydrogen-bond donors (Lipinski definition) is 1. The van der Waals surface area contributed by atoms with Gasteiger partial charge >= 0.3 is 0 Å². The molecule has 72 valence electrons. The molecule has 1 N–H and O–H groups in total. The third-order valence-electron chi connectivity index (χ3n) is 2.01. The van der Waals surface area contributed by atoms with Crippen LogP contribution in [0.1, 0.15) is 18.4 Å². The van der Waals surface area contributed by atoms with Crippen molar-refractivity contribution < 1.29 is 14.2 Å². The van der Waals surface area contributed by atoms with E-state index in [4.69, 9.17) is 9.84 Å². The zero-order valence-corrected chi connectivity index (χ0v) is 7.75. The first kappa shape index (κ1) is 9.99. The van der Waals surface area contributed by atoms with Crippen LogP contribution in [0.15, 0.2) is 18.2 Å². The second-order valence-corrected chi connectivity index (χ2v) is 2.97. The van der Waals surface area contributed by atoms with Crippen molar-refractivity contribution in [1.82, 2.24) is 0 Å². The molecular weight excluding hydrogens is 171 g/mol. The van der Waals surface area contributed by atoms with Crippen molar-refractivity contribution in [3.63, 3.8) is 0 Å². The fourth-order valence-corrected chi connectivity index (χ4v) is 1.13. The lowest BCUT2D eigenvalue weighted by atomic mass is 10.0. The SMILES string of the molecule is COc1ccc([C@H](C)CO)c(F)c1. The van der Waals surface area contributed by atoms with Gasteiger partial charge in [0.15, 0.2) is 0 Å². The maximum atomic E-state index is 13.3. The Morgan fingerprint density at radius 3 is 2.69 bits per heavy atom. The van der Waals surface area contributed by atoms with Crippen LogP contribution in [0, 0.1) is 5.82 Å². The maximum absolute atomic E-state index is 13.3. The van der Waals surface area contributed by atoms with E-state index in [2.05, 4.69) is 0 Å². The molecule has 0 aliphatic rings. The van der Waals surface area contributed by atoms with Crippen molar-refractivity contribution in [3.8, 4) is 5.75 Å². The van der Waals surface area contributed by atoms with Crippen molar-refractivity contribution in [1.29, 1.82) is 0 Å². The van der Waals surface area contributed by atoms with Crippen LogP contribution < -0.4 is 4.74 Å². The Kier molecular flexibility index (Phi) is 3.25. The van der Waals surface area contributed by atoms with E-state index in [1.165, 1.54) is 13.2 Å². The Hall–Kier alpha value is -1.09. The molecule has 0 amide bonds. The molecule has 0 bridgehead atoms. The fourth-order valence-electron chi connectivity index (χ4n) is 1.13. The predicted molar refractivity (Wildman–Crippen MR) is 48.5 cm³/mol. The molecule has 1 aromatic rings. The van der Waals surface area contributed by atoms with Crippen LogP contribution in [0.5, 0.6) is 5.75 Å². The fraction of sp³-hybridized carbons (Fsp3) is 0.400. The molecule has 0 fully saturated rings. The predicted octanol–water partition coefficient (Wildman–Crippen LogP) is 1.93. The molecule has 0 spiro atoms. The topological polar surface area (TPSA) is 29.5 Å². The Bertz CT molecular complexity index is 286. The Morgan fingerprint density at radius 2 is 2.23 bits per heavy atom. The number of methoxy groups -OCH3 is 1. The van der Waals surface area contributed by atoms with Gasteiger partial charge in [-0.15, -0.1) is 0 Å². The summed E-state index contributed by atoms with van der Waals surface area (Å²) < 4.78 is 18.1. The largest absolute Gasteiger partial charge is 0.497 e. The maximum Gasteiger partial charge on any atom is 0.130 e. The summed E-state index contributed by atoms with van der Waals surface area (Å²) in [6.07, 6.45) is 0. The Labute approximate surface area is 77.0 Å². The van der Waals surface area contributed by atoms with Crippen LogP contribution >= 0.6 is 0 Å². The second kappa shape index (κ2) is 4.23. The lowest BCUT2D eigenvalue weighted by Crippen LogP contribution is -2.02. The summed E-state index contributed by atoms with van der Waals surface area (Å²) in [5, 5.41) is 8.84. The van der Waals surface area contributed by atoms with Gasteiger partial charge in [-0.1, -0.05) is 13.0 Å². The molecule has 0 radical (unpaired) electrons. The van der Waals surface area contributed by atoms with Crippen LogP contribution in [0.25, 0.3) is 0 Å². The summed E-state index contributed by atoms with van der Waals surface area (Å²) in [4.78, 5) is 0. The van der Waals surface area contributed by atoms with Crippen LogP contribution in [0.2, 0.25) is 0 Å². The molecule has 0 aromatic heterocycles. The van der Waals surface area contributed by atoms with E-state index in [0.717, 1.165) is 0 Å². The smallest absolute Gasteiger partial charge is 0.130 e. The first-order valence-electron chi connectivity index (χ1n) is 4.13. The lowest BCUT2D eigenvalue weighted by Gasteiger charge is -2.10. The molecule has 0 heterocycles. The lowest BCUT2D eigenvalue weighted by molar-refractivity contribution is 0.270. The minimum absolute atomic E-state index is 0.0523. The highest BCUT2D eigenvalue weighted by Crippen LogP contribution is 2.22. The average Bonchev–Trinajstić information content (AvgIpc) is 2.16. The normalized spacial score (nSPS) is 12.6. The third-order valence-corrected chi connectivity index (χ3v) is 2.01. The molecule has 3 heteroatoms. The Balaban J connectivity index is 2.98. The number of aliphatic hydroxyl groups is 1. The number of aliphatic hydroxyl groups excluding tert-OH is 1. The van der Waals surface area contributed by atoms with Crippen molar-refractivity contribution in [2.24, 2.45) is 0 Å². The highest BCUT2D eigenvalue weighted by molar-refractivity contribution is 5.30. The number of halogens is 1. The molecule has 0 unspecified atom stereocenters. The summed E-state index contributed by atoms with van der Waals surface area (Å²) in [5.41, 5.74) is 0.517. The summed E-state index contributed by atoms with van der Waals surface area (Å²) in [6.45, 7) is 1.72. The molecule has 1 atom stereocenters. The summed E-state index contributed by atoms with van der Waals surface area (Å²) in [7, 11) is 1.49. The molecule has 0 saturated carbocycles. The summed E-state index contributed by atoms with van der Waals surface area (Å²) >= 11 is 0. The van der Waals surface area contributed by atoms with Crippen molar-refractivity contribution >= 4 is 0 Å². The molecule has 1 aromatic carbocycles. The summed E-state index contributed by atoms with van der Waals surface area (Å²) in [6, 6.07) is 4.64. The molecular formula is C10H13FO2. The third kappa shape index (κ3) is 2.18. The molecule has 0 aliphatic heterocycles. The van der Waals surface area contributed by atoms with E-state index in [9.17, 15) is 4.39 Å². The minimum atomic E-state index is -0.332. The van der Waals surface area contributed by atoms with Gasteiger partial charge in [-0.25, -0.2) is 4.39 Å². The number of rotatable bonds is 3. The van der Waals surface area contributed by atoms with Gasteiger partial charge < -0.3 is 9.84 Å². The van der Waals surface area contributed by atoms with E-state index >= 15 is 0 Å². The van der Waals surface area contributed by atoms with Crippen molar-refractivity contribution in [2.45, 2.75) is 12.8 Å². The zero-order chi connectivity index (χ0) is 9.84. The van der Waals surface area contributed by atoms with Crippen molar-refractivity contribution in [2.75, 3.05) is 13.7 Å². The van der Waals surface area contributed by atoms with E-state index < -0.39 is 0 Å². The average molecular weight is 184 g/mol. The molecule has 2 nitrogen and oxygen atoms in total. The van der Waals surface area contributed by atoms with Crippen LogP contribution in [0.4, 0.5) is 4.39 Å². The molecule has 1 rings (SSSR count). The van der Waals surface area contributed by atoms with E-state index in [-0.39, 0.29) is 18.3 Å². The van der Waals surface area contributed by atoms with Gasteiger partial charge in [0.25, 0.3) is 0 Å². The molecule has 13 heavy (non-hydrogen) atoms. The number of benzene rings is 1. The standard InChI is InChI=1S/C10H13FO2/c1-7(6-12)9-4-3-8(13-2)5-10(9)11/h3-5,7,12H,6H2,1-2H3/t7-/m1/s1. The van der Waals surface area contributed by atoms with Gasteiger partial charge in [-0.05, 0) is 11.6 Å². The monoisotopic (exact) mass is 184 g/mol. The highest BCUT2D eigenvalue weighted by Gasteiger charge is 2.10. The van der Waals surface area contributed by atoms with Gasteiger partial charge in [0.05, 0.1) is 7.11 Å². The van der Waals surface area contributed by atoms with E-state index in [0.29, 0.717) is 11.3 Å². The van der Waals surface area contributed by atoms with Gasteiger partial charge in [0, 0.05) is 18.6 Å². The van der Waals surface area contributed by atoms with Crippen LogP contribution in [-0.2, 0) is 0 Å². The first-order chi connectivity index (χ1) is 6.19. The summed E-state index contributed by atoms with van der Waals surface area (Å²) in [5.74, 6) is -0.0156. The quantitative estimate of drug-likeness (QED) is 0.777. The van der Waals surface area contributed by atoms with Gasteiger partial charge in [0.1, 0.15) is 11.6 Å². The van der Waals surface area contributed by atoms with E-state index in [1.807, 2.05) is 0 Å². The van der Waals surface area contributed by atoms with Gasteiger partial charge in [-0.3, -0.25) is 0 Å². The molecule has 0 aliphatic carbocycles. The van der Waals surface area contributed by atoms with Crippen molar-refractivity contribution in [3.05, 3.63) is 29.6 Å². The minimum Gasteiger partial charge on any atom is -0.497 e. The molecule has 0 saturated heterocycles. The Morgan fingerprint density at radius 1 is 1.54 bits per heavy atom. The van der Waals surface area contributed by atoms with Gasteiger partial charge in [0.2, 0.25) is 0 Å². The number of hydrogen-bond acceptors (Lipinski definition) is 2. The first-order valence-corrected chi connectivity index (χ1v) is 4.13. The van der Waals surface area contributed by atoms with Crippen LogP contribution in [0.3, 0.4) is 0 Å². The second-order valence-electron chi connectivity index (χ2n) is 2.97.